The van der Waals surface area contributed by atoms with Gasteiger partial charge in [-0.05, 0) is 35.9 Å². The molecule has 0 saturated heterocycles. The molecule has 5 heteroatoms. The molecule has 0 bridgehead atoms. The van der Waals surface area contributed by atoms with Crippen molar-refractivity contribution in [3.63, 3.8) is 0 Å². The number of aromatic nitrogens is 4. The molecule has 0 fully saturated rings. The lowest BCUT2D eigenvalue weighted by Gasteiger charge is -2.12. The number of hydrogen-bond donors (Lipinski definition) is 0. The van der Waals surface area contributed by atoms with Crippen molar-refractivity contribution in [3.05, 3.63) is 170 Å². The van der Waals surface area contributed by atoms with Crippen LogP contribution in [0.15, 0.2) is 174 Å². The molecule has 0 aliphatic rings. The smallest absolute Gasteiger partial charge is 0.164 e. The number of nitrogens with zero attached hydrogens (tertiary/aromatic N) is 4. The summed E-state index contributed by atoms with van der Waals surface area (Å²) < 4.78 is 9.16. The van der Waals surface area contributed by atoms with Crippen LogP contribution in [0.25, 0.3) is 94.7 Å². The van der Waals surface area contributed by atoms with Crippen LogP contribution in [0, 0.1) is 0 Å². The molecule has 7 aromatic carbocycles. The molecular weight excluding hydrogens is 613 g/mol. The zero-order valence-corrected chi connectivity index (χ0v) is 26.9. The molecule has 0 saturated carbocycles. The van der Waals surface area contributed by atoms with Crippen molar-refractivity contribution in [1.82, 2.24) is 19.5 Å². The largest absolute Gasteiger partial charge is 0.455 e. The maximum absolute atomic E-state index is 6.80. The van der Waals surface area contributed by atoms with Crippen molar-refractivity contribution in [1.29, 1.82) is 0 Å². The van der Waals surface area contributed by atoms with Crippen LogP contribution in [0.4, 0.5) is 0 Å². The molecule has 0 unspecified atom stereocenters. The second-order valence-electron chi connectivity index (χ2n) is 12.4. The topological polar surface area (TPSA) is 56.7 Å². The van der Waals surface area contributed by atoms with Crippen molar-refractivity contribution < 1.29 is 4.42 Å². The lowest BCUT2D eigenvalue weighted by atomic mass is 9.99. The van der Waals surface area contributed by atoms with Crippen molar-refractivity contribution in [2.24, 2.45) is 0 Å². The van der Waals surface area contributed by atoms with Crippen LogP contribution >= 0.6 is 0 Å². The van der Waals surface area contributed by atoms with E-state index in [9.17, 15) is 0 Å². The summed E-state index contributed by atoms with van der Waals surface area (Å²) in [4.78, 5) is 15.1. The molecule has 0 amide bonds. The van der Waals surface area contributed by atoms with Gasteiger partial charge in [0.25, 0.3) is 0 Å². The summed E-state index contributed by atoms with van der Waals surface area (Å²) in [5.41, 5.74) is 9.80. The predicted molar refractivity (Wildman–Crippen MR) is 203 cm³/mol. The van der Waals surface area contributed by atoms with E-state index in [1.807, 2.05) is 78.9 Å². The highest BCUT2D eigenvalue weighted by atomic mass is 16.3. The summed E-state index contributed by atoms with van der Waals surface area (Å²) in [7, 11) is 0. The van der Waals surface area contributed by atoms with Gasteiger partial charge in [0.2, 0.25) is 0 Å². The Morgan fingerprint density at radius 1 is 0.400 bits per heavy atom. The highest BCUT2D eigenvalue weighted by Gasteiger charge is 2.22. The quantitative estimate of drug-likeness (QED) is 0.188. The third kappa shape index (κ3) is 4.52. The van der Waals surface area contributed by atoms with E-state index in [4.69, 9.17) is 19.4 Å². The molecular formula is C45H28N4O. The molecule has 3 aromatic heterocycles. The maximum Gasteiger partial charge on any atom is 0.164 e. The van der Waals surface area contributed by atoms with Gasteiger partial charge in [0, 0.05) is 49.5 Å². The fraction of sp³-hybridized carbons (Fsp3) is 0. The minimum atomic E-state index is 0.592. The van der Waals surface area contributed by atoms with Crippen LogP contribution in [0.1, 0.15) is 0 Å². The van der Waals surface area contributed by atoms with Gasteiger partial charge in [-0.15, -0.1) is 0 Å². The third-order valence-electron chi connectivity index (χ3n) is 9.44. The van der Waals surface area contributed by atoms with Crippen LogP contribution in [0.3, 0.4) is 0 Å². The lowest BCUT2D eigenvalue weighted by molar-refractivity contribution is 0.670. The zero-order valence-electron chi connectivity index (χ0n) is 26.9. The first-order chi connectivity index (χ1) is 24.8. The summed E-state index contributed by atoms with van der Waals surface area (Å²) in [5, 5.41) is 4.40. The summed E-state index contributed by atoms with van der Waals surface area (Å²) >= 11 is 0. The van der Waals surface area contributed by atoms with Crippen LogP contribution in [-0.4, -0.2) is 19.5 Å². The first-order valence-corrected chi connectivity index (χ1v) is 16.7. The van der Waals surface area contributed by atoms with Gasteiger partial charge < -0.3 is 8.98 Å². The number of rotatable bonds is 5. The summed E-state index contributed by atoms with van der Waals surface area (Å²) in [6.45, 7) is 0. The Morgan fingerprint density at radius 3 is 1.52 bits per heavy atom. The molecule has 5 nitrogen and oxygen atoms in total. The van der Waals surface area contributed by atoms with Gasteiger partial charge in [-0.1, -0.05) is 140 Å². The normalized spacial score (nSPS) is 11.6. The monoisotopic (exact) mass is 640 g/mol. The molecule has 0 spiro atoms. The van der Waals surface area contributed by atoms with Gasteiger partial charge in [0.1, 0.15) is 11.2 Å². The van der Waals surface area contributed by atoms with Crippen molar-refractivity contribution in [2.45, 2.75) is 0 Å². The average Bonchev–Trinajstić information content (AvgIpc) is 3.74. The van der Waals surface area contributed by atoms with E-state index in [1.165, 1.54) is 10.8 Å². The minimum Gasteiger partial charge on any atom is -0.455 e. The van der Waals surface area contributed by atoms with E-state index in [2.05, 4.69) is 95.6 Å². The predicted octanol–water partition coefficient (Wildman–Crippen LogP) is 11.5. The van der Waals surface area contributed by atoms with Crippen molar-refractivity contribution in [3.8, 4) is 51.0 Å². The summed E-state index contributed by atoms with van der Waals surface area (Å²) in [6, 6.07) is 58.5. The fourth-order valence-electron chi connectivity index (χ4n) is 7.19. The minimum absolute atomic E-state index is 0.592. The first-order valence-electron chi connectivity index (χ1n) is 16.7. The molecule has 0 aliphatic heterocycles. The molecule has 10 rings (SSSR count). The van der Waals surface area contributed by atoms with Gasteiger partial charge in [-0.25, -0.2) is 15.0 Å². The number of benzene rings is 7. The van der Waals surface area contributed by atoms with Crippen LogP contribution in [-0.2, 0) is 0 Å². The van der Waals surface area contributed by atoms with E-state index in [0.717, 1.165) is 66.5 Å². The van der Waals surface area contributed by atoms with Crippen LogP contribution < -0.4 is 0 Å². The number of fused-ring (bicyclic) bond motifs is 6. The molecule has 0 radical (unpaired) electrons. The second kappa shape index (κ2) is 11.4. The van der Waals surface area contributed by atoms with Gasteiger partial charge in [-0.3, -0.25) is 0 Å². The van der Waals surface area contributed by atoms with Crippen LogP contribution in [0.2, 0.25) is 0 Å². The lowest BCUT2D eigenvalue weighted by Crippen LogP contribution is -2.00. The van der Waals surface area contributed by atoms with Gasteiger partial charge in [-0.2, -0.15) is 0 Å². The molecule has 3 heterocycles. The number of furan rings is 1. The number of para-hydroxylation sites is 2. The Kier molecular flexibility index (Phi) is 6.42. The third-order valence-corrected chi connectivity index (χ3v) is 9.44. The van der Waals surface area contributed by atoms with Crippen molar-refractivity contribution >= 4 is 43.7 Å². The second-order valence-corrected chi connectivity index (χ2v) is 12.4. The van der Waals surface area contributed by atoms with E-state index in [0.29, 0.717) is 17.5 Å². The molecule has 0 atom stereocenters. The summed E-state index contributed by atoms with van der Waals surface area (Å²) in [5.74, 6) is 1.83. The van der Waals surface area contributed by atoms with Gasteiger partial charge in [0.15, 0.2) is 17.5 Å². The molecule has 10 aromatic rings. The molecule has 50 heavy (non-hydrogen) atoms. The van der Waals surface area contributed by atoms with E-state index < -0.39 is 0 Å². The van der Waals surface area contributed by atoms with Crippen LogP contribution in [0.5, 0.6) is 0 Å². The Morgan fingerprint density at radius 2 is 0.920 bits per heavy atom. The highest BCUT2D eigenvalue weighted by molar-refractivity contribution is 6.16. The average molecular weight is 641 g/mol. The van der Waals surface area contributed by atoms with Gasteiger partial charge in [0.05, 0.1) is 11.0 Å². The molecule has 0 aliphatic carbocycles. The Hall–Kier alpha value is -6.85. The zero-order chi connectivity index (χ0) is 33.0. The Bertz CT molecular complexity index is 2750. The molecule has 0 N–H and O–H groups in total. The molecule has 234 valence electrons. The van der Waals surface area contributed by atoms with E-state index in [1.54, 1.807) is 0 Å². The fourth-order valence-corrected chi connectivity index (χ4v) is 7.19. The maximum atomic E-state index is 6.80. The Labute approximate surface area is 287 Å². The number of hydrogen-bond acceptors (Lipinski definition) is 4. The van der Waals surface area contributed by atoms with Crippen molar-refractivity contribution in [2.75, 3.05) is 0 Å². The summed E-state index contributed by atoms with van der Waals surface area (Å²) in [6.07, 6.45) is 0. The SMILES string of the molecule is c1ccc(-c2nc(-c3ccccc3)nc(-c3cccc4oc5c(-c6ccccc6)cc(-n6c7ccccc7c7ccccc76)cc5c34)n2)cc1. The van der Waals surface area contributed by atoms with E-state index in [-0.39, 0.29) is 0 Å². The standard InChI is InChI=1S/C45H28N4O/c1-4-15-29(16-5-1)36-27-32(49-38-24-12-10-21-33(38)34-22-11-13-25-39(34)49)28-37-41-35(23-14-26-40(41)50-42(36)37)45-47-43(30-17-6-2-7-18-30)46-44(48-45)31-19-8-3-9-20-31/h1-28H. The highest BCUT2D eigenvalue weighted by Crippen LogP contribution is 2.43. The van der Waals surface area contributed by atoms with Gasteiger partial charge >= 0.3 is 0 Å². The van der Waals surface area contributed by atoms with E-state index >= 15 is 0 Å². The first kappa shape index (κ1) is 28.2. The Balaban J connectivity index is 1.30.